The quantitative estimate of drug-likeness (QED) is 0.446. The SMILES string of the molecule is C.C.C=CC(C)C. The van der Waals surface area contributed by atoms with Gasteiger partial charge >= 0.3 is 0 Å². The van der Waals surface area contributed by atoms with Crippen LogP contribution in [0.2, 0.25) is 0 Å². The molecule has 0 aromatic carbocycles. The van der Waals surface area contributed by atoms with Gasteiger partial charge in [-0.15, -0.1) is 6.58 Å². The van der Waals surface area contributed by atoms with E-state index in [1.165, 1.54) is 0 Å². The van der Waals surface area contributed by atoms with E-state index in [1.54, 1.807) is 0 Å². The molecular weight excluding hydrogens is 84.1 g/mol. The largest absolute Gasteiger partial charge is 0.103 e. The van der Waals surface area contributed by atoms with Crippen LogP contribution in [0.1, 0.15) is 28.7 Å². The van der Waals surface area contributed by atoms with Crippen molar-refractivity contribution in [3.05, 3.63) is 12.7 Å². The van der Waals surface area contributed by atoms with Crippen molar-refractivity contribution in [2.24, 2.45) is 5.92 Å². The molecule has 7 heavy (non-hydrogen) atoms. The van der Waals surface area contributed by atoms with Gasteiger partial charge in [-0.2, -0.15) is 0 Å². The molecule has 0 saturated heterocycles. The maximum Gasteiger partial charge on any atom is -0.0293 e. The fraction of sp³-hybridized carbons (Fsp3) is 0.714. The van der Waals surface area contributed by atoms with Gasteiger partial charge in [-0.1, -0.05) is 34.8 Å². The Morgan fingerprint density at radius 3 is 1.43 bits per heavy atom. The lowest BCUT2D eigenvalue weighted by molar-refractivity contribution is 0.835. The van der Waals surface area contributed by atoms with Crippen molar-refractivity contribution in [2.75, 3.05) is 0 Å². The molecule has 0 aromatic rings. The van der Waals surface area contributed by atoms with Gasteiger partial charge in [0.2, 0.25) is 0 Å². The van der Waals surface area contributed by atoms with E-state index < -0.39 is 0 Å². The van der Waals surface area contributed by atoms with Gasteiger partial charge in [0.1, 0.15) is 0 Å². The van der Waals surface area contributed by atoms with Crippen molar-refractivity contribution < 1.29 is 0 Å². The zero-order valence-electron chi connectivity index (χ0n) is 3.86. The van der Waals surface area contributed by atoms with Crippen molar-refractivity contribution in [3.63, 3.8) is 0 Å². The Balaban J connectivity index is -0.0000000800. The monoisotopic (exact) mass is 102 g/mol. The summed E-state index contributed by atoms with van der Waals surface area (Å²) < 4.78 is 0. The molecule has 0 spiro atoms. The highest BCUT2D eigenvalue weighted by atomic mass is 13.8. The predicted molar refractivity (Wildman–Crippen MR) is 38.5 cm³/mol. The minimum Gasteiger partial charge on any atom is -0.103 e. The molecule has 0 nitrogen and oxygen atoms in total. The van der Waals surface area contributed by atoms with Crippen molar-refractivity contribution in [2.45, 2.75) is 28.7 Å². The van der Waals surface area contributed by atoms with E-state index in [9.17, 15) is 0 Å². The molecule has 0 amide bonds. The molecule has 0 aliphatic rings. The average Bonchev–Trinajstić information content (AvgIpc) is 1.38. The second kappa shape index (κ2) is 9.22. The van der Waals surface area contributed by atoms with Crippen LogP contribution >= 0.6 is 0 Å². The van der Waals surface area contributed by atoms with Crippen molar-refractivity contribution in [1.29, 1.82) is 0 Å². The molecule has 0 aromatic heterocycles. The molecule has 0 heterocycles. The van der Waals surface area contributed by atoms with Crippen LogP contribution in [-0.4, -0.2) is 0 Å². The normalized spacial score (nSPS) is 6.14. The standard InChI is InChI=1S/C5H10.2CH4/c1-4-5(2)3;;/h4-5H,1H2,2-3H3;2*1H4. The van der Waals surface area contributed by atoms with Crippen LogP contribution in [0, 0.1) is 5.92 Å². The number of rotatable bonds is 1. The lowest BCUT2D eigenvalue weighted by Crippen LogP contribution is -1.71. The van der Waals surface area contributed by atoms with Crippen LogP contribution in [-0.2, 0) is 0 Å². The van der Waals surface area contributed by atoms with Crippen LogP contribution in [0.3, 0.4) is 0 Å². The fourth-order valence-corrected chi connectivity index (χ4v) is 0. The van der Waals surface area contributed by atoms with Crippen LogP contribution in [0.15, 0.2) is 12.7 Å². The number of hydrogen-bond acceptors (Lipinski definition) is 0. The molecule has 0 atom stereocenters. The fourth-order valence-electron chi connectivity index (χ4n) is 0. The van der Waals surface area contributed by atoms with E-state index in [1.807, 2.05) is 6.08 Å². The molecule has 0 aliphatic carbocycles. The van der Waals surface area contributed by atoms with E-state index in [-0.39, 0.29) is 14.9 Å². The smallest absolute Gasteiger partial charge is 0.0293 e. The minimum absolute atomic E-state index is 0. The third-order valence-corrected chi connectivity index (χ3v) is 0.471. The summed E-state index contributed by atoms with van der Waals surface area (Å²) in [6.07, 6.45) is 1.92. The topological polar surface area (TPSA) is 0 Å². The van der Waals surface area contributed by atoms with Crippen LogP contribution in [0.4, 0.5) is 0 Å². The van der Waals surface area contributed by atoms with E-state index in [0.29, 0.717) is 5.92 Å². The third-order valence-electron chi connectivity index (χ3n) is 0.471. The van der Waals surface area contributed by atoms with Crippen LogP contribution in [0.25, 0.3) is 0 Å². The van der Waals surface area contributed by atoms with Crippen LogP contribution in [0.5, 0.6) is 0 Å². The molecule has 0 radical (unpaired) electrons. The maximum absolute atomic E-state index is 3.56. The first-order valence-corrected chi connectivity index (χ1v) is 1.90. The van der Waals surface area contributed by atoms with Gasteiger partial charge in [0, 0.05) is 0 Å². The molecule has 46 valence electrons. The van der Waals surface area contributed by atoms with Gasteiger partial charge in [-0.05, 0) is 5.92 Å². The molecular formula is C7H18. The van der Waals surface area contributed by atoms with E-state index >= 15 is 0 Å². The van der Waals surface area contributed by atoms with E-state index in [4.69, 9.17) is 0 Å². The first-order valence-electron chi connectivity index (χ1n) is 1.90. The lowest BCUT2D eigenvalue weighted by Gasteiger charge is -1.84. The van der Waals surface area contributed by atoms with Crippen molar-refractivity contribution in [1.82, 2.24) is 0 Å². The Labute approximate surface area is 48.3 Å². The average molecular weight is 102 g/mol. The van der Waals surface area contributed by atoms with E-state index in [2.05, 4.69) is 20.4 Å². The predicted octanol–water partition coefficient (Wildman–Crippen LogP) is 3.10. The molecule has 0 fully saturated rings. The maximum atomic E-state index is 3.56. The highest BCUT2D eigenvalue weighted by molar-refractivity contribution is 4.69. The summed E-state index contributed by atoms with van der Waals surface area (Å²) in [5.74, 6) is 0.648. The van der Waals surface area contributed by atoms with Gasteiger partial charge < -0.3 is 0 Å². The molecule has 0 heteroatoms. The lowest BCUT2D eigenvalue weighted by atomic mass is 10.2. The van der Waals surface area contributed by atoms with Crippen molar-refractivity contribution >= 4 is 0 Å². The Hall–Kier alpha value is -0.260. The summed E-state index contributed by atoms with van der Waals surface area (Å²) in [4.78, 5) is 0. The Bertz CT molecular complexity index is 27.0. The summed E-state index contributed by atoms with van der Waals surface area (Å²) >= 11 is 0. The van der Waals surface area contributed by atoms with Crippen LogP contribution < -0.4 is 0 Å². The van der Waals surface area contributed by atoms with Gasteiger partial charge in [0.25, 0.3) is 0 Å². The highest BCUT2D eigenvalue weighted by Gasteiger charge is 1.73. The van der Waals surface area contributed by atoms with E-state index in [0.717, 1.165) is 0 Å². The summed E-state index contributed by atoms with van der Waals surface area (Å²) in [5, 5.41) is 0. The Morgan fingerprint density at radius 1 is 1.29 bits per heavy atom. The zero-order valence-corrected chi connectivity index (χ0v) is 3.86. The second-order valence-electron chi connectivity index (χ2n) is 1.48. The van der Waals surface area contributed by atoms with Crippen molar-refractivity contribution in [3.8, 4) is 0 Å². The summed E-state index contributed by atoms with van der Waals surface area (Å²) in [5.41, 5.74) is 0. The first kappa shape index (κ1) is 15.9. The molecule has 0 aliphatic heterocycles. The van der Waals surface area contributed by atoms with Gasteiger partial charge in [0.05, 0.1) is 0 Å². The Morgan fingerprint density at radius 2 is 1.43 bits per heavy atom. The third kappa shape index (κ3) is 26.5. The molecule has 0 rings (SSSR count). The van der Waals surface area contributed by atoms with Gasteiger partial charge in [-0.25, -0.2) is 0 Å². The molecule has 0 saturated carbocycles. The zero-order chi connectivity index (χ0) is 4.28. The molecule has 0 N–H and O–H groups in total. The highest BCUT2D eigenvalue weighted by Crippen LogP contribution is 1.87. The first-order chi connectivity index (χ1) is 2.27. The number of hydrogen-bond donors (Lipinski definition) is 0. The Kier molecular flexibility index (Phi) is 20.9. The summed E-state index contributed by atoms with van der Waals surface area (Å²) in [6, 6.07) is 0. The molecule has 0 unspecified atom stereocenters. The van der Waals surface area contributed by atoms with Gasteiger partial charge in [-0.3, -0.25) is 0 Å². The second-order valence-corrected chi connectivity index (χ2v) is 1.48. The minimum atomic E-state index is 0. The van der Waals surface area contributed by atoms with Gasteiger partial charge in [0.15, 0.2) is 0 Å². The summed E-state index contributed by atoms with van der Waals surface area (Å²) in [7, 11) is 0. The molecule has 0 bridgehead atoms. The number of allylic oxidation sites excluding steroid dienone is 1. The summed E-state index contributed by atoms with van der Waals surface area (Å²) in [6.45, 7) is 7.77.